The maximum Gasteiger partial charge on any atom is 0.0725 e. The van der Waals surface area contributed by atoms with Crippen LogP contribution >= 0.6 is 0 Å². The summed E-state index contributed by atoms with van der Waals surface area (Å²) in [5.74, 6) is 0.623. The largest absolute Gasteiger partial charge is 0.375 e. The quantitative estimate of drug-likeness (QED) is 0.832. The monoisotopic (exact) mass is 371 g/mol. The molecule has 4 heteroatoms. The van der Waals surface area contributed by atoms with Crippen LogP contribution < -0.4 is 5.32 Å². The van der Waals surface area contributed by atoms with Crippen molar-refractivity contribution in [1.82, 2.24) is 15.1 Å². The van der Waals surface area contributed by atoms with Crippen LogP contribution in [0.15, 0.2) is 30.3 Å². The van der Waals surface area contributed by atoms with Gasteiger partial charge in [-0.2, -0.15) is 0 Å². The molecule has 27 heavy (non-hydrogen) atoms. The minimum Gasteiger partial charge on any atom is -0.375 e. The number of benzene rings is 1. The van der Waals surface area contributed by atoms with Crippen molar-refractivity contribution in [3.8, 4) is 0 Å². The van der Waals surface area contributed by atoms with Gasteiger partial charge >= 0.3 is 0 Å². The molecule has 0 unspecified atom stereocenters. The third-order valence-corrected chi connectivity index (χ3v) is 6.81. The van der Waals surface area contributed by atoms with Crippen LogP contribution in [-0.2, 0) is 11.2 Å². The van der Waals surface area contributed by atoms with E-state index in [0.717, 1.165) is 13.2 Å². The number of nitrogens with one attached hydrogen (secondary N) is 1. The summed E-state index contributed by atoms with van der Waals surface area (Å²) < 4.78 is 6.09. The van der Waals surface area contributed by atoms with Crippen molar-refractivity contribution in [3.63, 3.8) is 0 Å². The van der Waals surface area contributed by atoms with E-state index in [1.165, 1.54) is 57.4 Å². The van der Waals surface area contributed by atoms with Gasteiger partial charge in [-0.05, 0) is 50.3 Å². The first-order valence-corrected chi connectivity index (χ1v) is 11.1. The SMILES string of the molecule is CC(C)[C@@H]1CN2C[C@H](NC3CCN(CCc4ccccc4)CC3)C[C@H]2CO1. The van der Waals surface area contributed by atoms with Gasteiger partial charge in [-0.15, -0.1) is 0 Å². The molecule has 0 saturated carbocycles. The molecular weight excluding hydrogens is 334 g/mol. The van der Waals surface area contributed by atoms with Crippen LogP contribution in [0.5, 0.6) is 0 Å². The molecule has 150 valence electrons. The number of fused-ring (bicyclic) bond motifs is 1. The molecule has 3 aliphatic heterocycles. The van der Waals surface area contributed by atoms with Gasteiger partial charge in [0.1, 0.15) is 0 Å². The Morgan fingerprint density at radius 1 is 1.07 bits per heavy atom. The topological polar surface area (TPSA) is 27.7 Å². The second-order valence-electron chi connectivity index (χ2n) is 9.17. The number of piperidine rings is 1. The number of rotatable bonds is 6. The summed E-state index contributed by atoms with van der Waals surface area (Å²) in [4.78, 5) is 5.32. The van der Waals surface area contributed by atoms with E-state index < -0.39 is 0 Å². The van der Waals surface area contributed by atoms with E-state index in [-0.39, 0.29) is 0 Å². The van der Waals surface area contributed by atoms with Gasteiger partial charge < -0.3 is 15.0 Å². The van der Waals surface area contributed by atoms with Gasteiger partial charge in [0, 0.05) is 37.8 Å². The molecule has 3 saturated heterocycles. The molecule has 0 aromatic heterocycles. The standard InChI is InChI=1S/C23H37N3O/c1-18(2)23-16-26-15-21(14-22(26)17-27-23)24-20-9-12-25(13-10-20)11-8-19-6-4-3-5-7-19/h3-7,18,20-24H,8-17H2,1-2H3/t21-,22+,23+/m1/s1. The van der Waals surface area contributed by atoms with E-state index in [4.69, 9.17) is 4.74 Å². The lowest BCUT2D eigenvalue weighted by Gasteiger charge is -2.36. The first-order valence-electron chi connectivity index (χ1n) is 11.1. The average molecular weight is 372 g/mol. The second-order valence-corrected chi connectivity index (χ2v) is 9.17. The molecular formula is C23H37N3O. The molecule has 3 heterocycles. The Labute approximate surface area is 165 Å². The van der Waals surface area contributed by atoms with Crippen LogP contribution in [0.4, 0.5) is 0 Å². The van der Waals surface area contributed by atoms with Crippen molar-refractivity contribution in [2.45, 2.75) is 63.8 Å². The third kappa shape index (κ3) is 5.11. The molecule has 1 aromatic rings. The summed E-state index contributed by atoms with van der Waals surface area (Å²) in [6.45, 7) is 11.5. The second kappa shape index (κ2) is 9.04. The van der Waals surface area contributed by atoms with E-state index in [2.05, 4.69) is 59.3 Å². The van der Waals surface area contributed by atoms with Gasteiger partial charge in [0.05, 0.1) is 12.7 Å². The zero-order valence-corrected chi connectivity index (χ0v) is 17.1. The van der Waals surface area contributed by atoms with Crippen molar-refractivity contribution < 1.29 is 4.74 Å². The Kier molecular flexibility index (Phi) is 6.49. The number of ether oxygens (including phenoxy) is 1. The molecule has 0 spiro atoms. The van der Waals surface area contributed by atoms with E-state index in [9.17, 15) is 0 Å². The molecule has 0 amide bonds. The molecule has 1 aromatic carbocycles. The van der Waals surface area contributed by atoms with E-state index in [1.807, 2.05) is 0 Å². The van der Waals surface area contributed by atoms with E-state index in [1.54, 1.807) is 0 Å². The van der Waals surface area contributed by atoms with Crippen LogP contribution in [0.25, 0.3) is 0 Å². The van der Waals surface area contributed by atoms with E-state index >= 15 is 0 Å². The van der Waals surface area contributed by atoms with Gasteiger partial charge in [0.15, 0.2) is 0 Å². The van der Waals surface area contributed by atoms with Crippen LogP contribution in [0.2, 0.25) is 0 Å². The first kappa shape index (κ1) is 19.4. The van der Waals surface area contributed by atoms with Gasteiger partial charge in [0.25, 0.3) is 0 Å². The minimum absolute atomic E-state index is 0.424. The molecule has 3 fully saturated rings. The predicted octanol–water partition coefficient (Wildman–Crippen LogP) is 2.78. The highest BCUT2D eigenvalue weighted by Gasteiger charge is 2.38. The highest BCUT2D eigenvalue weighted by atomic mass is 16.5. The number of morpholine rings is 1. The average Bonchev–Trinajstić information content (AvgIpc) is 3.09. The lowest BCUT2D eigenvalue weighted by atomic mass is 10.0. The maximum atomic E-state index is 6.09. The predicted molar refractivity (Wildman–Crippen MR) is 111 cm³/mol. The lowest BCUT2D eigenvalue weighted by molar-refractivity contribution is -0.0683. The molecule has 4 rings (SSSR count). The van der Waals surface area contributed by atoms with Gasteiger partial charge in [-0.25, -0.2) is 0 Å². The molecule has 0 radical (unpaired) electrons. The lowest BCUT2D eigenvalue weighted by Crippen LogP contribution is -2.49. The van der Waals surface area contributed by atoms with Crippen molar-refractivity contribution in [1.29, 1.82) is 0 Å². The van der Waals surface area contributed by atoms with Crippen molar-refractivity contribution in [3.05, 3.63) is 35.9 Å². The Balaban J connectivity index is 1.17. The highest BCUT2D eigenvalue weighted by molar-refractivity contribution is 5.14. The molecule has 0 bridgehead atoms. The third-order valence-electron chi connectivity index (χ3n) is 6.81. The fourth-order valence-electron chi connectivity index (χ4n) is 5.01. The summed E-state index contributed by atoms with van der Waals surface area (Å²) in [6, 6.07) is 12.9. The van der Waals surface area contributed by atoms with Crippen LogP contribution in [0, 0.1) is 5.92 Å². The molecule has 4 nitrogen and oxygen atoms in total. The zero-order valence-electron chi connectivity index (χ0n) is 17.1. The van der Waals surface area contributed by atoms with Crippen LogP contribution in [0.1, 0.15) is 38.7 Å². The van der Waals surface area contributed by atoms with Gasteiger partial charge in [0.2, 0.25) is 0 Å². The van der Waals surface area contributed by atoms with Crippen LogP contribution in [-0.4, -0.2) is 73.4 Å². The summed E-state index contributed by atoms with van der Waals surface area (Å²) in [5, 5.41) is 3.99. The Hall–Kier alpha value is -0.940. The van der Waals surface area contributed by atoms with Crippen molar-refractivity contribution in [2.24, 2.45) is 5.92 Å². The fraction of sp³-hybridized carbons (Fsp3) is 0.739. The smallest absolute Gasteiger partial charge is 0.0725 e. The van der Waals surface area contributed by atoms with Gasteiger partial charge in [-0.3, -0.25) is 4.90 Å². The zero-order chi connectivity index (χ0) is 18.6. The Bertz CT molecular complexity index is 570. The summed E-state index contributed by atoms with van der Waals surface area (Å²) in [5.41, 5.74) is 1.46. The van der Waals surface area contributed by atoms with Crippen LogP contribution in [0.3, 0.4) is 0 Å². The van der Waals surface area contributed by atoms with Crippen molar-refractivity contribution in [2.75, 3.05) is 39.3 Å². The van der Waals surface area contributed by atoms with Crippen molar-refractivity contribution >= 4 is 0 Å². The highest BCUT2D eigenvalue weighted by Crippen LogP contribution is 2.26. The Morgan fingerprint density at radius 3 is 2.59 bits per heavy atom. The summed E-state index contributed by atoms with van der Waals surface area (Å²) in [7, 11) is 0. The number of hydrogen-bond donors (Lipinski definition) is 1. The molecule has 0 aliphatic carbocycles. The number of nitrogens with zero attached hydrogens (tertiary/aromatic N) is 2. The number of likely N-dealkylation sites (tertiary alicyclic amines) is 1. The minimum atomic E-state index is 0.424. The number of hydrogen-bond acceptors (Lipinski definition) is 4. The van der Waals surface area contributed by atoms with E-state index in [0.29, 0.717) is 30.1 Å². The van der Waals surface area contributed by atoms with Gasteiger partial charge in [-0.1, -0.05) is 44.2 Å². The summed E-state index contributed by atoms with van der Waals surface area (Å²) in [6.07, 6.45) is 5.45. The Morgan fingerprint density at radius 2 is 1.85 bits per heavy atom. The molecule has 3 atom stereocenters. The summed E-state index contributed by atoms with van der Waals surface area (Å²) >= 11 is 0. The maximum absolute atomic E-state index is 6.09. The normalized spacial score (nSPS) is 30.7. The molecule has 3 aliphatic rings. The fourth-order valence-corrected chi connectivity index (χ4v) is 5.01. The first-order chi connectivity index (χ1) is 13.2. The molecule has 1 N–H and O–H groups in total.